The summed E-state index contributed by atoms with van der Waals surface area (Å²) in [6.07, 6.45) is 2.73. The van der Waals surface area contributed by atoms with Gasteiger partial charge in [-0.3, -0.25) is 9.59 Å². The molecule has 3 saturated heterocycles. The topological polar surface area (TPSA) is 60.9 Å². The van der Waals surface area contributed by atoms with E-state index in [1.54, 1.807) is 11.0 Å². The number of halogens is 1. The molecule has 0 aliphatic carbocycles. The number of hydrogen-bond acceptors (Lipinski definition) is 3. The first-order valence-electron chi connectivity index (χ1n) is 8.09. The van der Waals surface area contributed by atoms with Gasteiger partial charge in [-0.15, -0.1) is 0 Å². The molecule has 3 heterocycles. The van der Waals surface area contributed by atoms with E-state index in [2.05, 4.69) is 6.92 Å². The number of benzene rings is 1. The van der Waals surface area contributed by atoms with Crippen molar-refractivity contribution >= 4 is 23.4 Å². The molecule has 1 aromatic carbocycles. The van der Waals surface area contributed by atoms with Crippen LogP contribution in [-0.4, -0.2) is 52.4 Å². The van der Waals surface area contributed by atoms with Gasteiger partial charge in [0.25, 0.3) is 5.91 Å². The van der Waals surface area contributed by atoms with Crippen LogP contribution in [0.2, 0.25) is 5.02 Å². The summed E-state index contributed by atoms with van der Waals surface area (Å²) in [5.74, 6) is -0.0858. The highest BCUT2D eigenvalue weighted by atomic mass is 35.5. The lowest BCUT2D eigenvalue weighted by molar-refractivity contribution is -0.139. The Balaban J connectivity index is 1.82. The summed E-state index contributed by atoms with van der Waals surface area (Å²) in [6, 6.07) is 4.59. The van der Waals surface area contributed by atoms with Crippen LogP contribution in [0, 0.1) is 5.92 Å². The van der Waals surface area contributed by atoms with Crippen LogP contribution < -0.4 is 0 Å². The lowest BCUT2D eigenvalue weighted by Crippen LogP contribution is -2.48. The Labute approximate surface area is 140 Å². The normalized spacial score (nSPS) is 24.0. The van der Waals surface area contributed by atoms with E-state index in [9.17, 15) is 14.7 Å². The van der Waals surface area contributed by atoms with Gasteiger partial charge < -0.3 is 14.9 Å². The Morgan fingerprint density at radius 1 is 1.35 bits per heavy atom. The second kappa shape index (κ2) is 6.40. The summed E-state index contributed by atoms with van der Waals surface area (Å²) in [5.41, 5.74) is 0.448. The van der Waals surface area contributed by atoms with Crippen molar-refractivity contribution in [1.29, 1.82) is 0 Å². The fourth-order valence-electron chi connectivity index (χ4n) is 3.56. The number of phenolic OH excluding ortho intramolecular Hbond substituents is 1. The zero-order valence-electron chi connectivity index (χ0n) is 13.2. The van der Waals surface area contributed by atoms with Crippen molar-refractivity contribution in [2.75, 3.05) is 19.6 Å². The molecular weight excluding hydrogens is 316 g/mol. The fraction of sp³-hybridized carbons (Fsp3) is 0.529. The monoisotopic (exact) mass is 336 g/mol. The lowest BCUT2D eigenvalue weighted by atomic mass is 9.94. The van der Waals surface area contributed by atoms with Crippen molar-refractivity contribution < 1.29 is 14.7 Å². The van der Waals surface area contributed by atoms with E-state index in [-0.39, 0.29) is 34.5 Å². The molecule has 2 atom stereocenters. The first-order valence-corrected chi connectivity index (χ1v) is 8.47. The highest BCUT2D eigenvalue weighted by Gasteiger charge is 2.41. The molecule has 3 aliphatic rings. The van der Waals surface area contributed by atoms with E-state index < -0.39 is 0 Å². The van der Waals surface area contributed by atoms with Gasteiger partial charge in [0.05, 0.1) is 10.9 Å². The van der Waals surface area contributed by atoms with Gasteiger partial charge in [0.2, 0.25) is 5.91 Å². The Kier molecular flexibility index (Phi) is 4.48. The van der Waals surface area contributed by atoms with E-state index >= 15 is 0 Å². The summed E-state index contributed by atoms with van der Waals surface area (Å²) in [7, 11) is 0. The molecular formula is C17H21ClN2O3. The van der Waals surface area contributed by atoms with Gasteiger partial charge in [-0.25, -0.2) is 0 Å². The summed E-state index contributed by atoms with van der Waals surface area (Å²) < 4.78 is 0. The van der Waals surface area contributed by atoms with Crippen LogP contribution in [0.5, 0.6) is 5.75 Å². The molecule has 23 heavy (non-hydrogen) atoms. The molecule has 1 N–H and O–H groups in total. The minimum Gasteiger partial charge on any atom is -0.506 e. The van der Waals surface area contributed by atoms with Gasteiger partial charge >= 0.3 is 0 Å². The molecule has 0 aromatic heterocycles. The van der Waals surface area contributed by atoms with E-state index in [0.29, 0.717) is 18.7 Å². The number of carbonyl (C=O) groups is 2. The summed E-state index contributed by atoms with van der Waals surface area (Å²) in [5, 5.41) is 9.66. The van der Waals surface area contributed by atoms with Gasteiger partial charge in [-0.05, 0) is 37.5 Å². The van der Waals surface area contributed by atoms with E-state index in [1.807, 2.05) is 4.90 Å². The van der Waals surface area contributed by atoms with Crippen LogP contribution in [-0.2, 0) is 4.79 Å². The molecule has 5 nitrogen and oxygen atoms in total. The molecule has 0 radical (unpaired) electrons. The average molecular weight is 337 g/mol. The number of hydrogen-bond donors (Lipinski definition) is 1. The third-order valence-electron chi connectivity index (χ3n) is 4.74. The summed E-state index contributed by atoms with van der Waals surface area (Å²) >= 11 is 5.90. The zero-order valence-corrected chi connectivity index (χ0v) is 13.9. The number of phenols is 1. The smallest absolute Gasteiger partial charge is 0.254 e. The number of aromatic hydroxyl groups is 1. The van der Waals surface area contributed by atoms with Crippen molar-refractivity contribution in [3.63, 3.8) is 0 Å². The largest absolute Gasteiger partial charge is 0.506 e. The predicted molar refractivity (Wildman–Crippen MR) is 87.5 cm³/mol. The van der Waals surface area contributed by atoms with Gasteiger partial charge in [0.1, 0.15) is 5.75 Å². The maximum atomic E-state index is 12.8. The minimum atomic E-state index is -0.130. The highest BCUT2D eigenvalue weighted by Crippen LogP contribution is 2.31. The van der Waals surface area contributed by atoms with E-state index in [0.717, 1.165) is 25.8 Å². The fourth-order valence-corrected chi connectivity index (χ4v) is 3.74. The molecule has 3 aliphatic heterocycles. The third kappa shape index (κ3) is 3.02. The van der Waals surface area contributed by atoms with Crippen LogP contribution in [0.1, 0.15) is 36.5 Å². The average Bonchev–Trinajstić information content (AvgIpc) is 2.82. The highest BCUT2D eigenvalue weighted by molar-refractivity contribution is 6.32. The number of amides is 2. The Morgan fingerprint density at radius 2 is 2.13 bits per heavy atom. The maximum absolute atomic E-state index is 12.8. The van der Waals surface area contributed by atoms with Gasteiger partial charge in [0, 0.05) is 31.2 Å². The van der Waals surface area contributed by atoms with Crippen molar-refractivity contribution in [3.05, 3.63) is 28.8 Å². The quantitative estimate of drug-likeness (QED) is 0.922. The van der Waals surface area contributed by atoms with Gasteiger partial charge in [-0.2, -0.15) is 0 Å². The second-order valence-corrected chi connectivity index (χ2v) is 6.74. The van der Waals surface area contributed by atoms with Crippen LogP contribution in [0.4, 0.5) is 0 Å². The molecule has 0 spiro atoms. The molecule has 0 saturated carbocycles. The second-order valence-electron chi connectivity index (χ2n) is 6.34. The molecule has 124 valence electrons. The summed E-state index contributed by atoms with van der Waals surface area (Å²) in [4.78, 5) is 29.0. The van der Waals surface area contributed by atoms with E-state index in [4.69, 9.17) is 11.6 Å². The first-order chi connectivity index (χ1) is 11.0. The number of rotatable bonds is 3. The SMILES string of the molecule is CCCN1C(=O)[C@@H]2CC[C@H]1CN(C(=O)c1ccc(O)c(Cl)c1)C2. The zero-order chi connectivity index (χ0) is 16.6. The molecule has 1 aromatic rings. The van der Waals surface area contributed by atoms with Gasteiger partial charge in [0.15, 0.2) is 0 Å². The number of carbonyl (C=O) groups excluding carboxylic acids is 2. The molecule has 2 amide bonds. The van der Waals surface area contributed by atoms with Crippen molar-refractivity contribution in [2.24, 2.45) is 5.92 Å². The van der Waals surface area contributed by atoms with Gasteiger partial charge in [-0.1, -0.05) is 18.5 Å². The third-order valence-corrected chi connectivity index (χ3v) is 5.04. The van der Waals surface area contributed by atoms with Crippen LogP contribution in [0.25, 0.3) is 0 Å². The van der Waals surface area contributed by atoms with E-state index in [1.165, 1.54) is 12.1 Å². The first kappa shape index (κ1) is 16.1. The Bertz CT molecular complexity index is 634. The number of piperidine rings is 1. The summed E-state index contributed by atoms with van der Waals surface area (Å²) in [6.45, 7) is 3.85. The standard InChI is InChI=1S/C17H21ClN2O3/c1-2-7-20-13-5-3-12(17(20)23)9-19(10-13)16(22)11-4-6-15(21)14(18)8-11/h4,6,8,12-13,21H,2-3,5,7,9-10H2,1H3/t12-,13+/m1/s1. The van der Waals surface area contributed by atoms with Crippen molar-refractivity contribution in [1.82, 2.24) is 9.80 Å². The molecule has 2 bridgehead atoms. The van der Waals surface area contributed by atoms with Crippen LogP contribution in [0.3, 0.4) is 0 Å². The molecule has 6 heteroatoms. The molecule has 4 rings (SSSR count). The molecule has 0 unspecified atom stereocenters. The van der Waals surface area contributed by atoms with Crippen molar-refractivity contribution in [3.8, 4) is 5.75 Å². The lowest BCUT2D eigenvalue weighted by Gasteiger charge is -2.35. The van der Waals surface area contributed by atoms with Crippen molar-refractivity contribution in [2.45, 2.75) is 32.2 Å². The Hall–Kier alpha value is -1.75. The predicted octanol–water partition coefficient (Wildman–Crippen LogP) is 2.52. The Morgan fingerprint density at radius 3 is 2.83 bits per heavy atom. The van der Waals surface area contributed by atoms with Crippen LogP contribution >= 0.6 is 11.6 Å². The number of fused-ring (bicyclic) bond motifs is 4. The molecule has 3 fully saturated rings. The maximum Gasteiger partial charge on any atom is 0.254 e. The minimum absolute atomic E-state index is 0.0385. The number of nitrogens with zero attached hydrogens (tertiary/aromatic N) is 2. The van der Waals surface area contributed by atoms with Crippen LogP contribution in [0.15, 0.2) is 18.2 Å².